The van der Waals surface area contributed by atoms with Crippen molar-refractivity contribution in [1.29, 1.82) is 0 Å². The van der Waals surface area contributed by atoms with Crippen LogP contribution in [-0.2, 0) is 16.1 Å². The number of halogens is 1. The molecule has 140 valence electrons. The highest BCUT2D eigenvalue weighted by Gasteiger charge is 2.08. The Bertz CT molecular complexity index is 857. The third-order valence-electron chi connectivity index (χ3n) is 3.28. The maximum absolute atomic E-state index is 11.5. The van der Waals surface area contributed by atoms with Crippen molar-refractivity contribution in [3.63, 3.8) is 0 Å². The number of anilines is 1. The van der Waals surface area contributed by atoms with Crippen LogP contribution in [0.3, 0.4) is 0 Å². The summed E-state index contributed by atoms with van der Waals surface area (Å²) in [5.74, 6) is -0.0489. The Morgan fingerprint density at radius 1 is 1.19 bits per heavy atom. The standard InChI is InChI=1S/C19H20ClN5O2/c1-13(2)8-18(16-9-21-19(22-10-16)23-14(3)27)24-25(12-26)11-15-4-6-17(20)7-5-15/h4-10,12H,11H2,1-3H3,(H,21,22,23,27)/b24-18+. The average Bonchev–Trinajstić information content (AvgIpc) is 2.62. The summed E-state index contributed by atoms with van der Waals surface area (Å²) in [6.45, 7) is 5.52. The molecule has 27 heavy (non-hydrogen) atoms. The van der Waals surface area contributed by atoms with Gasteiger partial charge in [0.05, 0.1) is 12.3 Å². The number of aromatic nitrogens is 2. The van der Waals surface area contributed by atoms with E-state index in [4.69, 9.17) is 11.6 Å². The van der Waals surface area contributed by atoms with Crippen molar-refractivity contribution in [3.05, 3.63) is 64.5 Å². The van der Waals surface area contributed by atoms with Crippen molar-refractivity contribution in [2.45, 2.75) is 27.3 Å². The fraction of sp³-hybridized carbons (Fsp3) is 0.211. The number of carbonyl (C=O) groups is 2. The number of nitrogens with one attached hydrogen (secondary N) is 1. The molecule has 8 heteroatoms. The van der Waals surface area contributed by atoms with E-state index in [9.17, 15) is 9.59 Å². The minimum atomic E-state index is -0.254. The number of nitrogens with zero attached hydrogens (tertiary/aromatic N) is 4. The van der Waals surface area contributed by atoms with E-state index in [2.05, 4.69) is 20.4 Å². The lowest BCUT2D eigenvalue weighted by molar-refractivity contribution is -0.118. The van der Waals surface area contributed by atoms with Crippen LogP contribution in [0.25, 0.3) is 0 Å². The van der Waals surface area contributed by atoms with E-state index < -0.39 is 0 Å². The van der Waals surface area contributed by atoms with Gasteiger partial charge in [-0.25, -0.2) is 15.0 Å². The van der Waals surface area contributed by atoms with Crippen LogP contribution >= 0.6 is 11.6 Å². The topological polar surface area (TPSA) is 87.5 Å². The van der Waals surface area contributed by atoms with Crippen LogP contribution in [0.1, 0.15) is 31.9 Å². The predicted molar refractivity (Wildman–Crippen MR) is 105 cm³/mol. The summed E-state index contributed by atoms with van der Waals surface area (Å²) in [7, 11) is 0. The molecule has 2 aromatic rings. The van der Waals surface area contributed by atoms with Gasteiger partial charge in [-0.3, -0.25) is 14.9 Å². The summed E-state index contributed by atoms with van der Waals surface area (Å²) < 4.78 is 0. The van der Waals surface area contributed by atoms with E-state index in [0.717, 1.165) is 11.1 Å². The molecule has 2 amide bonds. The van der Waals surface area contributed by atoms with Gasteiger partial charge in [0.1, 0.15) is 0 Å². The van der Waals surface area contributed by atoms with E-state index in [0.29, 0.717) is 29.3 Å². The Morgan fingerprint density at radius 3 is 2.33 bits per heavy atom. The number of amides is 2. The van der Waals surface area contributed by atoms with E-state index in [1.807, 2.05) is 32.1 Å². The van der Waals surface area contributed by atoms with Crippen LogP contribution in [0, 0.1) is 0 Å². The number of hydrazone groups is 1. The molecule has 0 atom stereocenters. The van der Waals surface area contributed by atoms with Gasteiger partial charge in [0, 0.05) is 29.9 Å². The van der Waals surface area contributed by atoms with Gasteiger partial charge in [0.25, 0.3) is 0 Å². The van der Waals surface area contributed by atoms with Crippen molar-refractivity contribution in [2.24, 2.45) is 5.10 Å². The van der Waals surface area contributed by atoms with Crippen LogP contribution < -0.4 is 5.32 Å². The second-order valence-electron chi connectivity index (χ2n) is 6.01. The van der Waals surface area contributed by atoms with Gasteiger partial charge in [-0.15, -0.1) is 0 Å². The molecule has 0 aliphatic carbocycles. The van der Waals surface area contributed by atoms with Gasteiger partial charge in [-0.2, -0.15) is 5.10 Å². The zero-order valence-corrected chi connectivity index (χ0v) is 16.1. The molecule has 0 aliphatic rings. The van der Waals surface area contributed by atoms with Crippen LogP contribution in [0.5, 0.6) is 0 Å². The second-order valence-corrected chi connectivity index (χ2v) is 6.45. The Morgan fingerprint density at radius 2 is 1.81 bits per heavy atom. The first kappa shape index (κ1) is 20.3. The van der Waals surface area contributed by atoms with Gasteiger partial charge < -0.3 is 0 Å². The van der Waals surface area contributed by atoms with E-state index in [-0.39, 0.29) is 11.9 Å². The highest BCUT2D eigenvalue weighted by Crippen LogP contribution is 2.12. The quantitative estimate of drug-likeness (QED) is 0.449. The fourth-order valence-electron chi connectivity index (χ4n) is 2.14. The lowest BCUT2D eigenvalue weighted by Crippen LogP contribution is -2.18. The molecule has 0 saturated carbocycles. The number of benzene rings is 1. The van der Waals surface area contributed by atoms with Gasteiger partial charge >= 0.3 is 0 Å². The SMILES string of the molecule is CC(=O)Nc1ncc(/C(C=C(C)C)=N/N(C=O)Cc2ccc(Cl)cc2)cn1. The summed E-state index contributed by atoms with van der Waals surface area (Å²) in [6, 6.07) is 7.19. The number of hydrogen-bond donors (Lipinski definition) is 1. The maximum Gasteiger partial charge on any atom is 0.230 e. The van der Waals surface area contributed by atoms with E-state index in [1.54, 1.807) is 24.5 Å². The van der Waals surface area contributed by atoms with Gasteiger partial charge in [-0.1, -0.05) is 29.3 Å². The van der Waals surface area contributed by atoms with Crippen LogP contribution in [0.2, 0.25) is 5.02 Å². The van der Waals surface area contributed by atoms with Crippen LogP contribution in [0.4, 0.5) is 5.95 Å². The first-order valence-corrected chi connectivity index (χ1v) is 8.55. The molecule has 0 saturated heterocycles. The van der Waals surface area contributed by atoms with E-state index >= 15 is 0 Å². The molecule has 1 aromatic heterocycles. The molecule has 0 radical (unpaired) electrons. The van der Waals surface area contributed by atoms with Gasteiger partial charge in [0.2, 0.25) is 18.3 Å². The highest BCUT2D eigenvalue weighted by molar-refractivity contribution is 6.30. The highest BCUT2D eigenvalue weighted by atomic mass is 35.5. The molecule has 0 spiro atoms. The molecular weight excluding hydrogens is 366 g/mol. The number of allylic oxidation sites excluding steroid dienone is 2. The van der Waals surface area contributed by atoms with Gasteiger partial charge in [0.15, 0.2) is 0 Å². The van der Waals surface area contributed by atoms with Crippen molar-refractivity contribution in [2.75, 3.05) is 5.32 Å². The molecular formula is C19H20ClN5O2. The Labute approximate surface area is 162 Å². The third-order valence-corrected chi connectivity index (χ3v) is 3.53. The number of carbonyl (C=O) groups excluding carboxylic acids is 2. The summed E-state index contributed by atoms with van der Waals surface area (Å²) in [6.07, 6.45) is 5.57. The van der Waals surface area contributed by atoms with Crippen molar-refractivity contribution < 1.29 is 9.59 Å². The smallest absolute Gasteiger partial charge is 0.230 e. The van der Waals surface area contributed by atoms with Gasteiger partial charge in [-0.05, 0) is 37.6 Å². The molecule has 1 heterocycles. The lowest BCUT2D eigenvalue weighted by Gasteiger charge is -2.14. The largest absolute Gasteiger partial charge is 0.295 e. The predicted octanol–water partition coefficient (Wildman–Crippen LogP) is 3.42. The fourth-order valence-corrected chi connectivity index (χ4v) is 2.26. The van der Waals surface area contributed by atoms with Crippen molar-refractivity contribution in [1.82, 2.24) is 15.0 Å². The molecule has 1 aromatic carbocycles. The molecule has 0 bridgehead atoms. The third kappa shape index (κ3) is 6.63. The zero-order chi connectivity index (χ0) is 19.8. The Hall–Kier alpha value is -3.06. The van der Waals surface area contributed by atoms with Crippen molar-refractivity contribution >= 4 is 35.6 Å². The summed E-state index contributed by atoms with van der Waals surface area (Å²) in [5.41, 5.74) is 3.04. The van der Waals surface area contributed by atoms with Crippen molar-refractivity contribution in [3.8, 4) is 0 Å². The first-order chi connectivity index (χ1) is 12.9. The summed E-state index contributed by atoms with van der Waals surface area (Å²) >= 11 is 5.89. The second kappa shape index (κ2) is 9.59. The number of hydrogen-bond acceptors (Lipinski definition) is 5. The first-order valence-electron chi connectivity index (χ1n) is 8.17. The van der Waals surface area contributed by atoms with E-state index in [1.165, 1.54) is 11.9 Å². The average molecular weight is 386 g/mol. The molecule has 2 rings (SSSR count). The maximum atomic E-state index is 11.5. The Balaban J connectivity index is 2.29. The normalized spacial score (nSPS) is 10.9. The molecule has 1 N–H and O–H groups in total. The monoisotopic (exact) mass is 385 g/mol. The molecule has 0 fully saturated rings. The summed E-state index contributed by atoms with van der Waals surface area (Å²) in [4.78, 5) is 30.8. The zero-order valence-electron chi connectivity index (χ0n) is 15.3. The molecule has 0 aliphatic heterocycles. The minimum absolute atomic E-state index is 0.205. The minimum Gasteiger partial charge on any atom is -0.295 e. The number of rotatable bonds is 7. The lowest BCUT2D eigenvalue weighted by atomic mass is 10.1. The molecule has 0 unspecified atom stereocenters. The Kier molecular flexibility index (Phi) is 7.19. The molecule has 7 nitrogen and oxygen atoms in total. The van der Waals surface area contributed by atoms with Crippen LogP contribution in [0.15, 0.2) is 53.4 Å². The summed E-state index contributed by atoms with van der Waals surface area (Å²) in [5, 5.41) is 8.84. The van der Waals surface area contributed by atoms with Crippen LogP contribution in [-0.4, -0.2) is 33.0 Å².